The molecular formula is C13H23NOS. The lowest BCUT2D eigenvalue weighted by molar-refractivity contribution is 0.191. The summed E-state index contributed by atoms with van der Waals surface area (Å²) < 4.78 is 5.04. The number of methoxy groups -OCH3 is 1. The summed E-state index contributed by atoms with van der Waals surface area (Å²) in [6.07, 6.45) is 2.37. The second-order valence-corrected chi connectivity index (χ2v) is 5.62. The second-order valence-electron chi connectivity index (χ2n) is 4.59. The Morgan fingerprint density at radius 1 is 1.50 bits per heavy atom. The molecule has 0 radical (unpaired) electrons. The van der Waals surface area contributed by atoms with Gasteiger partial charge < -0.3 is 10.1 Å². The molecule has 0 aromatic carbocycles. The van der Waals surface area contributed by atoms with Gasteiger partial charge in [0.2, 0.25) is 0 Å². The van der Waals surface area contributed by atoms with Crippen LogP contribution in [0.2, 0.25) is 0 Å². The van der Waals surface area contributed by atoms with Crippen LogP contribution < -0.4 is 5.32 Å². The molecule has 1 heterocycles. The number of ether oxygens (including phenoxy) is 1. The van der Waals surface area contributed by atoms with Gasteiger partial charge in [-0.05, 0) is 29.7 Å². The van der Waals surface area contributed by atoms with Crippen molar-refractivity contribution in [1.29, 1.82) is 0 Å². The van der Waals surface area contributed by atoms with Crippen molar-refractivity contribution >= 4 is 11.3 Å². The van der Waals surface area contributed by atoms with Crippen LogP contribution in [0.3, 0.4) is 0 Å². The summed E-state index contributed by atoms with van der Waals surface area (Å²) in [4.78, 5) is 1.48. The highest BCUT2D eigenvalue weighted by Crippen LogP contribution is 2.27. The SMILES string of the molecule is CCC(C)(CNCCOC)Cc1cccs1. The first-order chi connectivity index (χ1) is 7.70. The van der Waals surface area contributed by atoms with Crippen LogP contribution in [0.4, 0.5) is 0 Å². The van der Waals surface area contributed by atoms with Crippen LogP contribution in [0.5, 0.6) is 0 Å². The molecule has 0 aliphatic heterocycles. The fraction of sp³-hybridized carbons (Fsp3) is 0.692. The Kier molecular flexibility index (Phi) is 6.03. The van der Waals surface area contributed by atoms with E-state index in [9.17, 15) is 0 Å². The summed E-state index contributed by atoms with van der Waals surface area (Å²) in [5.41, 5.74) is 0.360. The van der Waals surface area contributed by atoms with Gasteiger partial charge in [-0.1, -0.05) is 19.9 Å². The number of rotatable bonds is 8. The van der Waals surface area contributed by atoms with Gasteiger partial charge in [-0.25, -0.2) is 0 Å². The van der Waals surface area contributed by atoms with Crippen LogP contribution in [0.1, 0.15) is 25.1 Å². The highest BCUT2D eigenvalue weighted by molar-refractivity contribution is 7.09. The molecule has 0 saturated carbocycles. The van der Waals surface area contributed by atoms with Gasteiger partial charge >= 0.3 is 0 Å². The highest BCUT2D eigenvalue weighted by atomic mass is 32.1. The quantitative estimate of drug-likeness (QED) is 0.707. The molecule has 0 saturated heterocycles. The Labute approximate surface area is 103 Å². The average Bonchev–Trinajstić information content (AvgIpc) is 2.77. The Hall–Kier alpha value is -0.380. The Balaban J connectivity index is 2.37. The predicted octanol–water partition coefficient (Wildman–Crippen LogP) is 2.94. The van der Waals surface area contributed by atoms with Crippen LogP contribution in [-0.2, 0) is 11.2 Å². The van der Waals surface area contributed by atoms with Crippen molar-refractivity contribution in [2.45, 2.75) is 26.7 Å². The molecule has 0 aliphatic carbocycles. The van der Waals surface area contributed by atoms with Crippen LogP contribution in [0.25, 0.3) is 0 Å². The number of hydrogen-bond acceptors (Lipinski definition) is 3. The lowest BCUT2D eigenvalue weighted by Crippen LogP contribution is -2.34. The first-order valence-corrected chi connectivity index (χ1v) is 6.80. The van der Waals surface area contributed by atoms with Gasteiger partial charge in [0.25, 0.3) is 0 Å². The molecule has 92 valence electrons. The maximum Gasteiger partial charge on any atom is 0.0587 e. The third-order valence-corrected chi connectivity index (χ3v) is 3.95. The molecule has 1 N–H and O–H groups in total. The zero-order valence-electron chi connectivity index (χ0n) is 10.6. The lowest BCUT2D eigenvalue weighted by Gasteiger charge is -2.28. The first-order valence-electron chi connectivity index (χ1n) is 5.92. The summed E-state index contributed by atoms with van der Waals surface area (Å²) in [7, 11) is 1.74. The number of thiophene rings is 1. The molecule has 1 aromatic heterocycles. The average molecular weight is 241 g/mol. The summed E-state index contributed by atoms with van der Waals surface area (Å²) in [6.45, 7) is 7.41. The molecule has 1 rings (SSSR count). The molecular weight excluding hydrogens is 218 g/mol. The monoisotopic (exact) mass is 241 g/mol. The van der Waals surface area contributed by atoms with Gasteiger partial charge in [0, 0.05) is 25.1 Å². The molecule has 2 nitrogen and oxygen atoms in total. The van der Waals surface area contributed by atoms with E-state index in [0.717, 1.165) is 19.7 Å². The molecule has 0 amide bonds. The topological polar surface area (TPSA) is 21.3 Å². The lowest BCUT2D eigenvalue weighted by atomic mass is 9.83. The van der Waals surface area contributed by atoms with E-state index in [1.807, 2.05) is 11.3 Å². The first kappa shape index (κ1) is 13.7. The molecule has 0 fully saturated rings. The third-order valence-electron chi connectivity index (χ3n) is 3.07. The van der Waals surface area contributed by atoms with Crippen molar-refractivity contribution in [1.82, 2.24) is 5.32 Å². The third kappa shape index (κ3) is 4.64. The molecule has 1 atom stereocenters. The summed E-state index contributed by atoms with van der Waals surface area (Å²) in [5.74, 6) is 0. The van der Waals surface area contributed by atoms with Crippen molar-refractivity contribution in [3.8, 4) is 0 Å². The molecule has 3 heteroatoms. The maximum absolute atomic E-state index is 5.04. The molecule has 1 aromatic rings. The zero-order valence-corrected chi connectivity index (χ0v) is 11.4. The summed E-state index contributed by atoms with van der Waals surface area (Å²) in [6, 6.07) is 4.36. The van der Waals surface area contributed by atoms with E-state index < -0.39 is 0 Å². The minimum atomic E-state index is 0.360. The molecule has 1 unspecified atom stereocenters. The predicted molar refractivity (Wildman–Crippen MR) is 71.2 cm³/mol. The fourth-order valence-corrected chi connectivity index (χ4v) is 2.63. The number of nitrogens with one attached hydrogen (secondary N) is 1. The summed E-state index contributed by atoms with van der Waals surface area (Å²) >= 11 is 1.86. The van der Waals surface area contributed by atoms with Crippen molar-refractivity contribution in [2.75, 3.05) is 26.8 Å². The maximum atomic E-state index is 5.04. The molecule has 16 heavy (non-hydrogen) atoms. The van der Waals surface area contributed by atoms with E-state index in [1.54, 1.807) is 7.11 Å². The zero-order chi connectivity index (χ0) is 11.9. The van der Waals surface area contributed by atoms with E-state index in [1.165, 1.54) is 17.7 Å². The summed E-state index contributed by atoms with van der Waals surface area (Å²) in [5, 5.41) is 5.63. The van der Waals surface area contributed by atoms with E-state index in [0.29, 0.717) is 5.41 Å². The minimum absolute atomic E-state index is 0.360. The van der Waals surface area contributed by atoms with Crippen LogP contribution >= 0.6 is 11.3 Å². The van der Waals surface area contributed by atoms with Gasteiger partial charge in [-0.3, -0.25) is 0 Å². The Bertz CT molecular complexity index is 273. The van der Waals surface area contributed by atoms with E-state index in [2.05, 4.69) is 36.7 Å². The van der Waals surface area contributed by atoms with Crippen LogP contribution in [-0.4, -0.2) is 26.8 Å². The molecule has 0 aliphatic rings. The van der Waals surface area contributed by atoms with Crippen molar-refractivity contribution in [3.63, 3.8) is 0 Å². The van der Waals surface area contributed by atoms with Crippen LogP contribution in [0, 0.1) is 5.41 Å². The highest BCUT2D eigenvalue weighted by Gasteiger charge is 2.22. The van der Waals surface area contributed by atoms with Crippen molar-refractivity contribution < 1.29 is 4.74 Å². The Morgan fingerprint density at radius 2 is 2.31 bits per heavy atom. The normalized spacial score (nSPS) is 14.9. The van der Waals surface area contributed by atoms with Gasteiger partial charge in [0.15, 0.2) is 0 Å². The van der Waals surface area contributed by atoms with Crippen molar-refractivity contribution in [3.05, 3.63) is 22.4 Å². The van der Waals surface area contributed by atoms with Gasteiger partial charge in [0.1, 0.15) is 0 Å². The second kappa shape index (κ2) is 7.05. The molecule has 0 bridgehead atoms. The Morgan fingerprint density at radius 3 is 2.88 bits per heavy atom. The van der Waals surface area contributed by atoms with Crippen LogP contribution in [0.15, 0.2) is 17.5 Å². The largest absolute Gasteiger partial charge is 0.383 e. The standard InChI is InChI=1S/C13H23NOS/c1-4-13(2,11-14-7-8-15-3)10-12-6-5-9-16-12/h5-6,9,14H,4,7-8,10-11H2,1-3H3. The molecule has 0 spiro atoms. The van der Waals surface area contributed by atoms with Gasteiger partial charge in [-0.15, -0.1) is 11.3 Å². The number of hydrogen-bond donors (Lipinski definition) is 1. The van der Waals surface area contributed by atoms with Crippen molar-refractivity contribution in [2.24, 2.45) is 5.41 Å². The smallest absolute Gasteiger partial charge is 0.0587 e. The van der Waals surface area contributed by atoms with E-state index >= 15 is 0 Å². The van der Waals surface area contributed by atoms with Gasteiger partial charge in [-0.2, -0.15) is 0 Å². The van der Waals surface area contributed by atoms with E-state index in [4.69, 9.17) is 4.74 Å². The minimum Gasteiger partial charge on any atom is -0.383 e. The van der Waals surface area contributed by atoms with E-state index in [-0.39, 0.29) is 0 Å². The van der Waals surface area contributed by atoms with Gasteiger partial charge in [0.05, 0.1) is 6.61 Å². The fourth-order valence-electron chi connectivity index (χ4n) is 1.71.